The second-order valence-electron chi connectivity index (χ2n) is 18.5. The van der Waals surface area contributed by atoms with Crippen LogP contribution in [0.5, 0.6) is 17.2 Å². The molecule has 3 atom stereocenters. The lowest BCUT2D eigenvalue weighted by Gasteiger charge is -2.35. The highest BCUT2D eigenvalue weighted by Gasteiger charge is 2.46. The molecule has 3 amide bonds. The standard InChI is InChI=1S/C55H63ClFN7O11S/c1-34(2)50(64-30-38-8-5-6-9-41(38)54(64)67)55(68)63-31-40(65)26-46(63)53(66)58-29-37-11-10-36(51-35(3)61-33-76-51)24-47(37)74-22-20-72-18-16-70-14-7-15-71-17-19-73-21-23-75-49-27-42-45(28-48(49)69-4)59-32-60-52(42)62-39-12-13-44(57)43(56)25-39/h5-6,8-13,24-25,27-28,32-34,40,46,50,65H,7,14-23,26,29-31H2,1-4H3,(H,58,66)(H,59,60,62)/t40-,46+,50+/m1/s1. The molecule has 0 radical (unpaired) electrons. The lowest BCUT2D eigenvalue weighted by Crippen LogP contribution is -2.55. The van der Waals surface area contributed by atoms with Crippen LogP contribution in [0.4, 0.5) is 15.9 Å². The van der Waals surface area contributed by atoms with Crippen molar-refractivity contribution in [2.75, 3.05) is 85.0 Å². The summed E-state index contributed by atoms with van der Waals surface area (Å²) in [6, 6.07) is 19.2. The molecule has 6 aromatic rings. The number of halogens is 2. The molecule has 4 heterocycles. The number of likely N-dealkylation sites (tertiary alicyclic amines) is 1. The number of aryl methyl sites for hydroxylation is 1. The minimum Gasteiger partial charge on any atom is -0.493 e. The van der Waals surface area contributed by atoms with Crippen LogP contribution in [0.25, 0.3) is 21.3 Å². The van der Waals surface area contributed by atoms with Crippen LogP contribution in [0.1, 0.15) is 53.9 Å². The van der Waals surface area contributed by atoms with Crippen molar-refractivity contribution in [2.24, 2.45) is 5.92 Å². The quantitative estimate of drug-likeness (QED) is 0.0402. The lowest BCUT2D eigenvalue weighted by molar-refractivity contribution is -0.143. The number of benzene rings is 4. The Labute approximate surface area is 449 Å². The van der Waals surface area contributed by atoms with Gasteiger partial charge in [-0.25, -0.2) is 19.3 Å². The third-order valence-electron chi connectivity index (χ3n) is 12.9. The molecule has 2 aliphatic heterocycles. The summed E-state index contributed by atoms with van der Waals surface area (Å²) in [4.78, 5) is 58.7. The highest BCUT2D eigenvalue weighted by molar-refractivity contribution is 7.13. The Kier molecular flexibility index (Phi) is 19.8. The van der Waals surface area contributed by atoms with Crippen molar-refractivity contribution in [1.29, 1.82) is 0 Å². The van der Waals surface area contributed by atoms with Gasteiger partial charge in [-0.2, -0.15) is 0 Å². The molecular weight excluding hydrogens is 1020 g/mol. The predicted octanol–water partition coefficient (Wildman–Crippen LogP) is 7.78. The fourth-order valence-electron chi connectivity index (χ4n) is 9.09. The Morgan fingerprint density at radius 2 is 1.57 bits per heavy atom. The number of rotatable bonds is 28. The van der Waals surface area contributed by atoms with Crippen molar-refractivity contribution in [3.63, 3.8) is 0 Å². The van der Waals surface area contributed by atoms with Gasteiger partial charge in [-0.15, -0.1) is 11.3 Å². The van der Waals surface area contributed by atoms with Gasteiger partial charge in [0.05, 0.1) is 79.5 Å². The second-order valence-corrected chi connectivity index (χ2v) is 19.7. The normalized spacial score (nSPS) is 15.6. The lowest BCUT2D eigenvalue weighted by atomic mass is 10.0. The molecule has 3 N–H and O–H groups in total. The monoisotopic (exact) mass is 1080 g/mol. The van der Waals surface area contributed by atoms with E-state index in [1.54, 1.807) is 47.9 Å². The highest BCUT2D eigenvalue weighted by atomic mass is 35.5. The Hall–Kier alpha value is -6.52. The zero-order valence-electron chi connectivity index (χ0n) is 42.9. The van der Waals surface area contributed by atoms with Crippen LogP contribution in [0, 0.1) is 18.7 Å². The van der Waals surface area contributed by atoms with Gasteiger partial charge in [-0.1, -0.05) is 55.8 Å². The Morgan fingerprint density at radius 1 is 0.855 bits per heavy atom. The number of hydrogen-bond acceptors (Lipinski definition) is 16. The molecule has 4 aromatic carbocycles. The van der Waals surface area contributed by atoms with Gasteiger partial charge in [0.25, 0.3) is 5.91 Å². The van der Waals surface area contributed by atoms with Crippen molar-refractivity contribution in [3.05, 3.63) is 118 Å². The molecule has 0 aliphatic carbocycles. The molecule has 2 aromatic heterocycles. The maximum atomic E-state index is 14.2. The third-order valence-corrected chi connectivity index (χ3v) is 14.1. The number of aliphatic hydroxyl groups excluding tert-OH is 1. The number of thiazole rings is 1. The second kappa shape index (κ2) is 27.0. The van der Waals surface area contributed by atoms with Gasteiger partial charge in [-0.05, 0) is 66.8 Å². The first-order chi connectivity index (χ1) is 36.9. The van der Waals surface area contributed by atoms with E-state index in [-0.39, 0.29) is 55.5 Å². The van der Waals surface area contributed by atoms with Crippen molar-refractivity contribution in [3.8, 4) is 27.7 Å². The number of anilines is 2. The Morgan fingerprint density at radius 3 is 2.25 bits per heavy atom. The van der Waals surface area contributed by atoms with Gasteiger partial charge < -0.3 is 58.7 Å². The van der Waals surface area contributed by atoms with Crippen molar-refractivity contribution in [1.82, 2.24) is 30.1 Å². The number of amides is 3. The van der Waals surface area contributed by atoms with Gasteiger partial charge in [0.15, 0.2) is 11.5 Å². The summed E-state index contributed by atoms with van der Waals surface area (Å²) in [6.07, 6.45) is 1.31. The summed E-state index contributed by atoms with van der Waals surface area (Å²) in [7, 11) is 1.55. The Bertz CT molecular complexity index is 2950. The van der Waals surface area contributed by atoms with Gasteiger partial charge in [-0.3, -0.25) is 14.4 Å². The van der Waals surface area contributed by atoms with Crippen LogP contribution in [0.15, 0.2) is 84.6 Å². The first-order valence-electron chi connectivity index (χ1n) is 25.2. The van der Waals surface area contributed by atoms with E-state index < -0.39 is 29.9 Å². The number of aliphatic hydroxyl groups is 1. The largest absolute Gasteiger partial charge is 0.493 e. The van der Waals surface area contributed by atoms with Crippen LogP contribution >= 0.6 is 22.9 Å². The molecule has 404 valence electrons. The molecule has 0 saturated carbocycles. The molecule has 0 unspecified atom stereocenters. The molecule has 2 aliphatic rings. The van der Waals surface area contributed by atoms with E-state index in [4.69, 9.17) is 44.8 Å². The number of nitrogens with zero attached hydrogens (tertiary/aromatic N) is 5. The molecule has 0 spiro atoms. The summed E-state index contributed by atoms with van der Waals surface area (Å²) in [5.41, 5.74) is 6.94. The predicted molar refractivity (Wildman–Crippen MR) is 285 cm³/mol. The summed E-state index contributed by atoms with van der Waals surface area (Å²) in [5, 5.41) is 17.6. The van der Waals surface area contributed by atoms with Gasteiger partial charge in [0.2, 0.25) is 11.8 Å². The maximum Gasteiger partial charge on any atom is 0.255 e. The van der Waals surface area contributed by atoms with Gasteiger partial charge >= 0.3 is 0 Å². The third kappa shape index (κ3) is 14.1. The topological polar surface area (TPSA) is 205 Å². The zero-order valence-corrected chi connectivity index (χ0v) is 44.5. The number of β-amino-alcohol motifs (C(OH)–C–C–N with tert-alkyl or cyclic N) is 1. The summed E-state index contributed by atoms with van der Waals surface area (Å²) >= 11 is 7.49. The van der Waals surface area contributed by atoms with Crippen molar-refractivity contribution >= 4 is 63.1 Å². The first-order valence-corrected chi connectivity index (χ1v) is 26.5. The van der Waals surface area contributed by atoms with Gasteiger partial charge in [0.1, 0.15) is 49.0 Å². The van der Waals surface area contributed by atoms with Crippen molar-refractivity contribution < 1.29 is 57.0 Å². The molecule has 0 bridgehead atoms. The molecule has 21 heteroatoms. The molecule has 8 rings (SSSR count). The number of hydrogen-bond donors (Lipinski definition) is 3. The van der Waals surface area contributed by atoms with Gasteiger partial charge in [0, 0.05) is 67.5 Å². The van der Waals surface area contributed by atoms with Crippen LogP contribution < -0.4 is 24.8 Å². The average molecular weight is 1080 g/mol. The average Bonchev–Trinajstić information content (AvgIpc) is 4.13. The number of carbonyl (C=O) groups is 3. The number of nitrogens with one attached hydrogen (secondary N) is 2. The van der Waals surface area contributed by atoms with E-state index in [1.165, 1.54) is 34.7 Å². The summed E-state index contributed by atoms with van der Waals surface area (Å²) in [5.74, 6) is 0.299. The SMILES string of the molecule is COc1cc2ncnc(Nc3ccc(F)c(Cl)c3)c2cc1OCCOCCOCCCOCCOCCOc1cc(-c2scnc2C)ccc1CNC(=O)[C@@H]1C[C@@H](O)CN1C(=O)[C@H](C(C)C)N1Cc2ccccc2C1=O. The van der Waals surface area contributed by atoms with Crippen LogP contribution in [0.2, 0.25) is 5.02 Å². The number of ether oxygens (including phenoxy) is 7. The van der Waals surface area contributed by atoms with E-state index in [0.29, 0.717) is 111 Å². The van der Waals surface area contributed by atoms with Crippen molar-refractivity contribution in [2.45, 2.75) is 64.9 Å². The molecule has 18 nitrogen and oxygen atoms in total. The van der Waals surface area contributed by atoms with E-state index in [9.17, 15) is 23.9 Å². The van der Waals surface area contributed by atoms with Crippen LogP contribution in [0.3, 0.4) is 0 Å². The van der Waals surface area contributed by atoms with Crippen LogP contribution in [-0.2, 0) is 41.6 Å². The summed E-state index contributed by atoms with van der Waals surface area (Å²) < 4.78 is 54.4. The number of methoxy groups -OCH3 is 1. The van der Waals surface area contributed by atoms with Crippen LogP contribution in [-0.4, -0.2) is 145 Å². The fraction of sp³-hybridized carbons (Fsp3) is 0.418. The molecule has 1 fully saturated rings. The molecule has 1 saturated heterocycles. The minimum absolute atomic E-state index is 0.00765. The van der Waals surface area contributed by atoms with E-state index >= 15 is 0 Å². The smallest absolute Gasteiger partial charge is 0.255 e. The van der Waals surface area contributed by atoms with E-state index in [1.807, 2.05) is 51.1 Å². The first kappa shape index (κ1) is 55.7. The number of aromatic nitrogens is 3. The minimum atomic E-state index is -0.918. The maximum absolute atomic E-state index is 14.2. The fourth-order valence-corrected chi connectivity index (χ4v) is 10.1. The zero-order chi connectivity index (χ0) is 53.6. The number of fused-ring (bicyclic) bond motifs is 2. The number of carbonyl (C=O) groups excluding carboxylic acids is 3. The molecule has 76 heavy (non-hydrogen) atoms. The summed E-state index contributed by atoms with van der Waals surface area (Å²) in [6.45, 7) is 9.78. The van der Waals surface area contributed by atoms with E-state index in [2.05, 4.69) is 25.6 Å². The van der Waals surface area contributed by atoms with E-state index in [0.717, 1.165) is 27.3 Å². The molecular formula is C55H63ClFN7O11S. The Balaban J connectivity index is 0.716. The highest BCUT2D eigenvalue weighted by Crippen LogP contribution is 2.36.